The number of carbonyl (C=O) groups is 2. The number of nitrogens with one attached hydrogen (secondary N) is 1. The Labute approximate surface area is 128 Å². The maximum absolute atomic E-state index is 12.4. The summed E-state index contributed by atoms with van der Waals surface area (Å²) >= 11 is 6.11. The van der Waals surface area contributed by atoms with Crippen LogP contribution in [0.1, 0.15) is 31.4 Å². The maximum Gasteiger partial charge on any atom is 0.307 e. The number of carboxylic acid groups (broad SMARTS) is 1. The second kappa shape index (κ2) is 6.76. The highest BCUT2D eigenvalue weighted by molar-refractivity contribution is 6.31. The van der Waals surface area contributed by atoms with E-state index in [4.69, 9.17) is 11.6 Å². The van der Waals surface area contributed by atoms with Gasteiger partial charge in [-0.05, 0) is 31.4 Å². The van der Waals surface area contributed by atoms with E-state index >= 15 is 0 Å². The van der Waals surface area contributed by atoms with E-state index < -0.39 is 17.8 Å². The van der Waals surface area contributed by atoms with Crippen molar-refractivity contribution in [2.45, 2.75) is 25.8 Å². The van der Waals surface area contributed by atoms with Crippen molar-refractivity contribution >= 4 is 23.5 Å². The molecule has 2 rings (SSSR count). The standard InChI is InChI=1S/C16H18ClNO3/c1-10(11-6-4-5-9-14(11)17)18-15(19)12-7-2-3-8-13(12)16(20)21/h2-6,9-10,12-13H,7-8H2,1H3,(H,18,19)(H,20,21)/t10-,12-,13+/m1/s1. The minimum atomic E-state index is -0.926. The summed E-state index contributed by atoms with van der Waals surface area (Å²) in [5.74, 6) is -2.35. The van der Waals surface area contributed by atoms with Crippen molar-refractivity contribution in [3.05, 3.63) is 47.0 Å². The van der Waals surface area contributed by atoms with Gasteiger partial charge in [-0.2, -0.15) is 0 Å². The summed E-state index contributed by atoms with van der Waals surface area (Å²) in [6.45, 7) is 1.84. The van der Waals surface area contributed by atoms with E-state index in [-0.39, 0.29) is 11.9 Å². The van der Waals surface area contributed by atoms with Gasteiger partial charge in [0.25, 0.3) is 0 Å². The Morgan fingerprint density at radius 1 is 1.24 bits per heavy atom. The molecule has 0 fully saturated rings. The molecule has 4 nitrogen and oxygen atoms in total. The van der Waals surface area contributed by atoms with Gasteiger partial charge in [0, 0.05) is 5.02 Å². The number of amides is 1. The van der Waals surface area contributed by atoms with E-state index in [9.17, 15) is 14.7 Å². The zero-order chi connectivity index (χ0) is 15.4. The Morgan fingerprint density at radius 2 is 1.86 bits per heavy atom. The molecule has 0 bridgehead atoms. The largest absolute Gasteiger partial charge is 0.481 e. The minimum Gasteiger partial charge on any atom is -0.481 e. The third-order valence-electron chi connectivity index (χ3n) is 3.82. The number of halogens is 1. The minimum absolute atomic E-state index is 0.237. The fraction of sp³-hybridized carbons (Fsp3) is 0.375. The lowest BCUT2D eigenvalue weighted by molar-refractivity contribution is -0.147. The Balaban J connectivity index is 2.08. The van der Waals surface area contributed by atoms with E-state index in [1.807, 2.05) is 37.3 Å². The molecule has 2 N–H and O–H groups in total. The first-order valence-corrected chi connectivity index (χ1v) is 7.31. The third-order valence-corrected chi connectivity index (χ3v) is 4.16. The smallest absolute Gasteiger partial charge is 0.307 e. The first-order chi connectivity index (χ1) is 10.0. The van der Waals surface area contributed by atoms with Gasteiger partial charge in [0.1, 0.15) is 0 Å². The first-order valence-electron chi connectivity index (χ1n) is 6.93. The van der Waals surface area contributed by atoms with Crippen molar-refractivity contribution < 1.29 is 14.7 Å². The Bertz CT molecular complexity index is 570. The van der Waals surface area contributed by atoms with E-state index in [1.165, 1.54) is 0 Å². The van der Waals surface area contributed by atoms with Crippen molar-refractivity contribution in [1.29, 1.82) is 0 Å². The van der Waals surface area contributed by atoms with Gasteiger partial charge >= 0.3 is 5.97 Å². The molecular formula is C16H18ClNO3. The molecule has 5 heteroatoms. The molecule has 1 aromatic carbocycles. The van der Waals surface area contributed by atoms with Crippen molar-refractivity contribution in [2.24, 2.45) is 11.8 Å². The van der Waals surface area contributed by atoms with Gasteiger partial charge in [0.2, 0.25) is 5.91 Å². The number of carbonyl (C=O) groups excluding carboxylic acids is 1. The van der Waals surface area contributed by atoms with Crippen LogP contribution in [0.2, 0.25) is 5.02 Å². The highest BCUT2D eigenvalue weighted by Gasteiger charge is 2.34. The van der Waals surface area contributed by atoms with Crippen LogP contribution in [-0.2, 0) is 9.59 Å². The normalized spacial score (nSPS) is 22.6. The van der Waals surface area contributed by atoms with E-state index in [0.717, 1.165) is 5.56 Å². The molecule has 1 aromatic rings. The highest BCUT2D eigenvalue weighted by Crippen LogP contribution is 2.28. The molecule has 0 aliphatic heterocycles. The SMILES string of the molecule is C[C@@H](NC(=O)[C@@H]1CC=CC[C@@H]1C(=O)O)c1ccccc1Cl. The quantitative estimate of drug-likeness (QED) is 0.840. The molecule has 21 heavy (non-hydrogen) atoms. The highest BCUT2D eigenvalue weighted by atomic mass is 35.5. The lowest BCUT2D eigenvalue weighted by atomic mass is 9.82. The first kappa shape index (κ1) is 15.6. The number of carboxylic acids is 1. The molecule has 0 heterocycles. The van der Waals surface area contributed by atoms with Gasteiger partial charge in [-0.15, -0.1) is 0 Å². The number of aliphatic carboxylic acids is 1. The Morgan fingerprint density at radius 3 is 2.48 bits per heavy atom. The molecule has 1 aliphatic carbocycles. The molecular weight excluding hydrogens is 290 g/mol. The topological polar surface area (TPSA) is 66.4 Å². The average Bonchev–Trinajstić information content (AvgIpc) is 2.47. The van der Waals surface area contributed by atoms with Crippen LogP contribution in [0.5, 0.6) is 0 Å². The molecule has 112 valence electrons. The van der Waals surface area contributed by atoms with E-state index in [0.29, 0.717) is 17.9 Å². The van der Waals surface area contributed by atoms with Crippen molar-refractivity contribution in [2.75, 3.05) is 0 Å². The van der Waals surface area contributed by atoms with Crippen LogP contribution in [0.3, 0.4) is 0 Å². The summed E-state index contributed by atoms with van der Waals surface area (Å²) in [6.07, 6.45) is 4.54. The van der Waals surface area contributed by atoms with Crippen molar-refractivity contribution in [3.8, 4) is 0 Å². The van der Waals surface area contributed by atoms with Crippen LogP contribution in [0.4, 0.5) is 0 Å². The van der Waals surface area contributed by atoms with Crippen LogP contribution in [0.15, 0.2) is 36.4 Å². The summed E-state index contributed by atoms with van der Waals surface area (Å²) in [5, 5.41) is 12.7. The number of rotatable bonds is 4. The van der Waals surface area contributed by atoms with Gasteiger partial charge in [0.15, 0.2) is 0 Å². The zero-order valence-electron chi connectivity index (χ0n) is 11.8. The lowest BCUT2D eigenvalue weighted by Crippen LogP contribution is -2.39. The van der Waals surface area contributed by atoms with Crippen molar-refractivity contribution in [3.63, 3.8) is 0 Å². The Hall–Kier alpha value is -1.81. The molecule has 1 amide bonds. The second-order valence-electron chi connectivity index (χ2n) is 5.25. The van der Waals surface area contributed by atoms with Crippen LogP contribution < -0.4 is 5.32 Å². The third kappa shape index (κ3) is 3.64. The van der Waals surface area contributed by atoms with Gasteiger partial charge < -0.3 is 10.4 Å². The lowest BCUT2D eigenvalue weighted by Gasteiger charge is -2.26. The van der Waals surface area contributed by atoms with Gasteiger partial charge in [-0.3, -0.25) is 9.59 Å². The summed E-state index contributed by atoms with van der Waals surface area (Å²) in [5.41, 5.74) is 0.825. The fourth-order valence-corrected chi connectivity index (χ4v) is 2.90. The molecule has 0 spiro atoms. The zero-order valence-corrected chi connectivity index (χ0v) is 12.5. The molecule has 0 saturated heterocycles. The number of hydrogen-bond donors (Lipinski definition) is 2. The molecule has 0 radical (unpaired) electrons. The van der Waals surface area contributed by atoms with Gasteiger partial charge in [0.05, 0.1) is 17.9 Å². The van der Waals surface area contributed by atoms with E-state index in [2.05, 4.69) is 5.32 Å². The average molecular weight is 308 g/mol. The summed E-state index contributed by atoms with van der Waals surface area (Å²) in [4.78, 5) is 23.6. The van der Waals surface area contributed by atoms with Gasteiger partial charge in [-0.1, -0.05) is 42.0 Å². The fourth-order valence-electron chi connectivity index (χ4n) is 2.60. The molecule has 0 unspecified atom stereocenters. The molecule has 1 aliphatic rings. The van der Waals surface area contributed by atoms with Crippen molar-refractivity contribution in [1.82, 2.24) is 5.32 Å². The van der Waals surface area contributed by atoms with Crippen LogP contribution >= 0.6 is 11.6 Å². The summed E-state index contributed by atoms with van der Waals surface area (Å²) < 4.78 is 0. The molecule has 0 aromatic heterocycles. The number of hydrogen-bond acceptors (Lipinski definition) is 2. The second-order valence-corrected chi connectivity index (χ2v) is 5.65. The predicted molar refractivity (Wildman–Crippen MR) is 81.0 cm³/mol. The molecule has 0 saturated carbocycles. The maximum atomic E-state index is 12.4. The van der Waals surface area contributed by atoms with Gasteiger partial charge in [-0.25, -0.2) is 0 Å². The number of allylic oxidation sites excluding steroid dienone is 2. The number of benzene rings is 1. The summed E-state index contributed by atoms with van der Waals surface area (Å²) in [6, 6.07) is 7.04. The molecule has 3 atom stereocenters. The monoisotopic (exact) mass is 307 g/mol. The van der Waals surface area contributed by atoms with E-state index in [1.54, 1.807) is 6.07 Å². The Kier molecular flexibility index (Phi) is 5.02. The van der Waals surface area contributed by atoms with Crippen LogP contribution in [0, 0.1) is 11.8 Å². The summed E-state index contributed by atoms with van der Waals surface area (Å²) in [7, 11) is 0. The predicted octanol–water partition coefficient (Wildman–Crippen LogP) is 3.18. The van der Waals surface area contributed by atoms with Crippen LogP contribution in [-0.4, -0.2) is 17.0 Å². The van der Waals surface area contributed by atoms with Crippen LogP contribution in [0.25, 0.3) is 0 Å².